The van der Waals surface area contributed by atoms with Gasteiger partial charge in [-0.25, -0.2) is 4.39 Å². The molecule has 4 rings (SSSR count). The number of halogens is 2. The van der Waals surface area contributed by atoms with Crippen LogP contribution in [0.15, 0.2) is 34.8 Å². The number of hydrogen-bond donors (Lipinski definition) is 3. The molecule has 31 heavy (non-hydrogen) atoms. The van der Waals surface area contributed by atoms with Crippen LogP contribution in [0.25, 0.3) is 0 Å². The molecule has 1 aliphatic rings. The molecule has 8 nitrogen and oxygen atoms in total. The van der Waals surface area contributed by atoms with Gasteiger partial charge in [0.15, 0.2) is 11.5 Å². The van der Waals surface area contributed by atoms with E-state index < -0.39 is 11.7 Å². The maximum absolute atomic E-state index is 14.3. The van der Waals surface area contributed by atoms with Gasteiger partial charge in [0.05, 0.1) is 5.69 Å². The molecule has 160 valence electrons. The highest BCUT2D eigenvalue weighted by Gasteiger charge is 2.19. The van der Waals surface area contributed by atoms with Gasteiger partial charge >= 0.3 is 0 Å². The summed E-state index contributed by atoms with van der Waals surface area (Å²) in [6.07, 6.45) is 0.966. The van der Waals surface area contributed by atoms with Crippen molar-refractivity contribution in [3.8, 4) is 0 Å². The Labute approximate surface area is 187 Å². The maximum Gasteiger partial charge on any atom is 0.273 e. The van der Waals surface area contributed by atoms with Gasteiger partial charge in [0, 0.05) is 23.2 Å². The smallest absolute Gasteiger partial charge is 0.273 e. The highest BCUT2D eigenvalue weighted by molar-refractivity contribution is 9.10. The molecule has 2 aromatic carbocycles. The number of benzene rings is 2. The standard InChI is InChI=1S/C21H21BrFN7O/c1-11-4-3-5-16(23)17(11)26-20-18(19(24)31)28-29-21(27-20)25-13-8-12-10-30(2)7-6-14(12)15(22)9-13/h3-5,8-9H,6-7,10H2,1-2H3,(H2,24,31)(H2,25,26,27,29). The van der Waals surface area contributed by atoms with Gasteiger partial charge in [0.1, 0.15) is 5.82 Å². The number of carbonyl (C=O) groups excluding carboxylic acids is 1. The predicted octanol–water partition coefficient (Wildman–Crippen LogP) is 3.66. The van der Waals surface area contributed by atoms with Crippen LogP contribution >= 0.6 is 15.9 Å². The minimum Gasteiger partial charge on any atom is -0.364 e. The zero-order valence-electron chi connectivity index (χ0n) is 17.0. The average molecular weight is 486 g/mol. The summed E-state index contributed by atoms with van der Waals surface area (Å²) in [4.78, 5) is 18.4. The Morgan fingerprint density at radius 1 is 1.26 bits per heavy atom. The van der Waals surface area contributed by atoms with Gasteiger partial charge in [-0.1, -0.05) is 28.1 Å². The van der Waals surface area contributed by atoms with Gasteiger partial charge in [0.25, 0.3) is 5.91 Å². The van der Waals surface area contributed by atoms with Gasteiger partial charge in [0.2, 0.25) is 5.95 Å². The normalized spacial score (nSPS) is 13.5. The molecule has 2 heterocycles. The molecule has 0 saturated heterocycles. The summed E-state index contributed by atoms with van der Waals surface area (Å²) >= 11 is 3.64. The fourth-order valence-electron chi connectivity index (χ4n) is 3.53. The number of aromatic nitrogens is 3. The van der Waals surface area contributed by atoms with E-state index in [4.69, 9.17) is 5.73 Å². The Hall–Kier alpha value is -3.11. The first-order valence-electron chi connectivity index (χ1n) is 9.65. The molecule has 1 amide bonds. The van der Waals surface area contributed by atoms with E-state index in [1.165, 1.54) is 17.2 Å². The van der Waals surface area contributed by atoms with Crippen molar-refractivity contribution < 1.29 is 9.18 Å². The van der Waals surface area contributed by atoms with Crippen LogP contribution in [0.5, 0.6) is 0 Å². The highest BCUT2D eigenvalue weighted by atomic mass is 79.9. The molecule has 0 aliphatic carbocycles. The van der Waals surface area contributed by atoms with Crippen molar-refractivity contribution in [1.82, 2.24) is 20.1 Å². The summed E-state index contributed by atoms with van der Waals surface area (Å²) in [5, 5.41) is 13.8. The SMILES string of the molecule is Cc1cccc(F)c1Nc1nc(Nc2cc(Br)c3c(c2)CN(C)CC3)nnc1C(N)=O. The molecule has 0 spiro atoms. The number of aryl methyl sites for hydroxylation is 1. The summed E-state index contributed by atoms with van der Waals surface area (Å²) in [5.74, 6) is -1.12. The molecule has 10 heteroatoms. The van der Waals surface area contributed by atoms with Crippen LogP contribution in [0.2, 0.25) is 0 Å². The van der Waals surface area contributed by atoms with Crippen molar-refractivity contribution in [1.29, 1.82) is 0 Å². The minimum atomic E-state index is -0.817. The third kappa shape index (κ3) is 4.49. The van der Waals surface area contributed by atoms with E-state index in [-0.39, 0.29) is 23.1 Å². The Morgan fingerprint density at radius 2 is 2.06 bits per heavy atom. The Kier molecular flexibility index (Phi) is 5.84. The number of para-hydroxylation sites is 1. The monoisotopic (exact) mass is 485 g/mol. The fourth-order valence-corrected chi connectivity index (χ4v) is 4.23. The summed E-state index contributed by atoms with van der Waals surface area (Å²) in [6.45, 7) is 3.58. The van der Waals surface area contributed by atoms with Gasteiger partial charge in [-0.05, 0) is 55.3 Å². The maximum atomic E-state index is 14.3. The number of anilines is 4. The molecule has 0 fully saturated rings. The number of rotatable bonds is 5. The van der Waals surface area contributed by atoms with Gasteiger partial charge < -0.3 is 21.3 Å². The van der Waals surface area contributed by atoms with Crippen LogP contribution in [-0.2, 0) is 13.0 Å². The summed E-state index contributed by atoms with van der Waals surface area (Å²) in [5.41, 5.74) is 9.32. The average Bonchev–Trinajstić information content (AvgIpc) is 2.70. The van der Waals surface area contributed by atoms with E-state index in [0.29, 0.717) is 5.56 Å². The first-order chi connectivity index (χ1) is 14.8. The van der Waals surface area contributed by atoms with Crippen molar-refractivity contribution in [3.63, 3.8) is 0 Å². The molecule has 1 aliphatic heterocycles. The summed E-state index contributed by atoms with van der Waals surface area (Å²) < 4.78 is 15.3. The molecule has 1 aromatic heterocycles. The molecular formula is C21H21BrFN7O. The largest absolute Gasteiger partial charge is 0.364 e. The van der Waals surface area contributed by atoms with Crippen molar-refractivity contribution in [2.45, 2.75) is 19.9 Å². The van der Waals surface area contributed by atoms with Crippen molar-refractivity contribution in [3.05, 3.63) is 63.0 Å². The molecule has 0 bridgehead atoms. The van der Waals surface area contributed by atoms with Gasteiger partial charge in [-0.15, -0.1) is 10.2 Å². The zero-order valence-corrected chi connectivity index (χ0v) is 18.6. The number of nitrogens with two attached hydrogens (primary N) is 1. The molecule has 0 unspecified atom stereocenters. The Balaban J connectivity index is 1.67. The Morgan fingerprint density at radius 3 is 2.81 bits per heavy atom. The number of primary amides is 1. The number of nitrogens with one attached hydrogen (secondary N) is 2. The van der Waals surface area contributed by atoms with Crippen LogP contribution in [0.3, 0.4) is 0 Å². The van der Waals surface area contributed by atoms with Gasteiger partial charge in [-0.2, -0.15) is 4.98 Å². The lowest BCUT2D eigenvalue weighted by atomic mass is 9.99. The topological polar surface area (TPSA) is 109 Å². The predicted molar refractivity (Wildman–Crippen MR) is 120 cm³/mol. The van der Waals surface area contributed by atoms with E-state index in [1.54, 1.807) is 19.1 Å². The quantitative estimate of drug-likeness (QED) is 0.505. The first-order valence-corrected chi connectivity index (χ1v) is 10.4. The molecule has 4 N–H and O–H groups in total. The van der Waals surface area contributed by atoms with Crippen molar-refractivity contribution >= 4 is 45.0 Å². The highest BCUT2D eigenvalue weighted by Crippen LogP contribution is 2.31. The van der Waals surface area contributed by atoms with E-state index in [1.807, 2.05) is 12.1 Å². The minimum absolute atomic E-state index is 0.0231. The second kappa shape index (κ2) is 8.56. The van der Waals surface area contributed by atoms with Crippen LogP contribution < -0.4 is 16.4 Å². The third-order valence-electron chi connectivity index (χ3n) is 5.11. The van der Waals surface area contributed by atoms with Crippen LogP contribution in [0, 0.1) is 12.7 Å². The fraction of sp³-hybridized carbons (Fsp3) is 0.238. The van der Waals surface area contributed by atoms with E-state index in [9.17, 15) is 9.18 Å². The number of fused-ring (bicyclic) bond motifs is 1. The molecule has 0 radical (unpaired) electrons. The third-order valence-corrected chi connectivity index (χ3v) is 5.82. The van der Waals surface area contributed by atoms with Gasteiger partial charge in [-0.3, -0.25) is 4.79 Å². The lowest BCUT2D eigenvalue weighted by Gasteiger charge is -2.26. The molecular weight excluding hydrogens is 465 g/mol. The molecule has 0 atom stereocenters. The van der Waals surface area contributed by atoms with Crippen LogP contribution in [0.1, 0.15) is 27.2 Å². The number of likely N-dealkylation sites (N-methyl/N-ethyl adjacent to an activating group) is 1. The van der Waals surface area contributed by atoms with Crippen LogP contribution in [-0.4, -0.2) is 39.6 Å². The lowest BCUT2D eigenvalue weighted by Crippen LogP contribution is -2.26. The second-order valence-electron chi connectivity index (χ2n) is 7.46. The number of amides is 1. The number of hydrogen-bond acceptors (Lipinski definition) is 7. The van der Waals surface area contributed by atoms with Crippen molar-refractivity contribution in [2.24, 2.45) is 5.73 Å². The number of nitrogens with zero attached hydrogens (tertiary/aromatic N) is 4. The van der Waals surface area contributed by atoms with E-state index >= 15 is 0 Å². The summed E-state index contributed by atoms with van der Waals surface area (Å²) in [6, 6.07) is 8.64. The first kappa shape index (κ1) is 21.1. The zero-order chi connectivity index (χ0) is 22.1. The summed E-state index contributed by atoms with van der Waals surface area (Å²) in [7, 11) is 2.08. The molecule has 0 saturated carbocycles. The number of carbonyl (C=O) groups is 1. The molecule has 3 aromatic rings. The Bertz CT molecular complexity index is 1150. The van der Waals surface area contributed by atoms with E-state index in [2.05, 4.69) is 53.7 Å². The second-order valence-corrected chi connectivity index (χ2v) is 8.32. The van der Waals surface area contributed by atoms with E-state index in [0.717, 1.165) is 29.7 Å². The van der Waals surface area contributed by atoms with Crippen molar-refractivity contribution in [2.75, 3.05) is 24.2 Å². The van der Waals surface area contributed by atoms with Crippen LogP contribution in [0.4, 0.5) is 27.5 Å². The lowest BCUT2D eigenvalue weighted by molar-refractivity contribution is 0.0995.